The molecule has 98 valence electrons. The van der Waals surface area contributed by atoms with Crippen molar-refractivity contribution in [1.82, 2.24) is 4.90 Å². The van der Waals surface area contributed by atoms with E-state index in [9.17, 15) is 9.59 Å². The van der Waals surface area contributed by atoms with Crippen molar-refractivity contribution in [1.29, 1.82) is 0 Å². The van der Waals surface area contributed by atoms with Gasteiger partial charge in [-0.25, -0.2) is 0 Å². The predicted octanol–water partition coefficient (Wildman–Crippen LogP) is 2.80. The molecular formula is C14H25NO2. The predicted molar refractivity (Wildman–Crippen MR) is 70.7 cm³/mol. The first-order valence-corrected chi connectivity index (χ1v) is 6.48. The molecule has 3 nitrogen and oxygen atoms in total. The van der Waals surface area contributed by atoms with Crippen molar-refractivity contribution in [2.24, 2.45) is 5.92 Å². The molecule has 1 aliphatic rings. The van der Waals surface area contributed by atoms with Crippen LogP contribution in [0.5, 0.6) is 0 Å². The molecule has 0 spiro atoms. The summed E-state index contributed by atoms with van der Waals surface area (Å²) in [7, 11) is 0. The van der Waals surface area contributed by atoms with E-state index in [1.54, 1.807) is 4.90 Å². The Morgan fingerprint density at radius 2 is 1.82 bits per heavy atom. The third kappa shape index (κ3) is 3.18. The Kier molecular flexibility index (Phi) is 6.14. The van der Waals surface area contributed by atoms with E-state index < -0.39 is 5.54 Å². The number of likely N-dealkylation sites (N-methyl/N-ethyl adjacent to an activating group) is 1. The summed E-state index contributed by atoms with van der Waals surface area (Å²) in [5, 5.41) is 0. The van der Waals surface area contributed by atoms with Crippen molar-refractivity contribution in [3.05, 3.63) is 12.7 Å². The minimum absolute atomic E-state index is 0.0147. The summed E-state index contributed by atoms with van der Waals surface area (Å²) >= 11 is 0. The van der Waals surface area contributed by atoms with Gasteiger partial charge in [-0.1, -0.05) is 34.3 Å². The van der Waals surface area contributed by atoms with Gasteiger partial charge >= 0.3 is 0 Å². The minimum atomic E-state index is -0.506. The molecule has 0 aromatic rings. The summed E-state index contributed by atoms with van der Waals surface area (Å²) in [6.07, 6.45) is 2.89. The summed E-state index contributed by atoms with van der Waals surface area (Å²) in [5.41, 5.74) is -0.506. The van der Waals surface area contributed by atoms with Crippen molar-refractivity contribution >= 4 is 11.7 Å². The standard InChI is InChI=1S/C12H19NO2.C2H6/c1-5-10(14)13(6-2)12(7-8-12)11(15)9(3)4;1-2/h5,9H,1,6-8H2,2-4H3;1-2H3. The fourth-order valence-electron chi connectivity index (χ4n) is 2.08. The number of ketones is 1. The summed E-state index contributed by atoms with van der Waals surface area (Å²) in [4.78, 5) is 25.3. The smallest absolute Gasteiger partial charge is 0.246 e. The van der Waals surface area contributed by atoms with Crippen LogP contribution in [-0.4, -0.2) is 28.7 Å². The van der Waals surface area contributed by atoms with Crippen LogP contribution < -0.4 is 0 Å². The molecule has 0 bridgehead atoms. The molecule has 1 saturated carbocycles. The van der Waals surface area contributed by atoms with Gasteiger partial charge in [0.1, 0.15) is 5.54 Å². The van der Waals surface area contributed by atoms with Crippen molar-refractivity contribution in [2.45, 2.75) is 53.0 Å². The number of carbonyl (C=O) groups is 2. The molecule has 0 atom stereocenters. The fraction of sp³-hybridized carbons (Fsp3) is 0.714. The molecule has 0 N–H and O–H groups in total. The first kappa shape index (κ1) is 15.9. The maximum Gasteiger partial charge on any atom is 0.246 e. The zero-order valence-electron chi connectivity index (χ0n) is 11.7. The number of rotatable bonds is 5. The molecule has 0 unspecified atom stereocenters. The van der Waals surface area contributed by atoms with Gasteiger partial charge in [0.2, 0.25) is 5.91 Å². The number of amides is 1. The third-order valence-electron chi connectivity index (χ3n) is 2.98. The molecule has 1 aliphatic carbocycles. The molecule has 1 amide bonds. The molecule has 0 radical (unpaired) electrons. The zero-order chi connectivity index (χ0) is 13.6. The lowest BCUT2D eigenvalue weighted by atomic mass is 9.98. The Bertz CT molecular complexity index is 291. The SMILES string of the molecule is C=CC(=O)N(CC)C1(C(=O)C(C)C)CC1.CC. The van der Waals surface area contributed by atoms with Crippen LogP contribution in [0.1, 0.15) is 47.5 Å². The van der Waals surface area contributed by atoms with Gasteiger partial charge in [-0.05, 0) is 25.8 Å². The van der Waals surface area contributed by atoms with Crippen LogP contribution in [0.2, 0.25) is 0 Å². The topological polar surface area (TPSA) is 37.4 Å². The average molecular weight is 239 g/mol. The molecule has 1 fully saturated rings. The van der Waals surface area contributed by atoms with E-state index in [-0.39, 0.29) is 17.6 Å². The van der Waals surface area contributed by atoms with Crippen LogP contribution >= 0.6 is 0 Å². The van der Waals surface area contributed by atoms with Gasteiger partial charge < -0.3 is 4.90 Å². The molecule has 0 aliphatic heterocycles. The molecule has 0 heterocycles. The number of hydrogen-bond donors (Lipinski definition) is 0. The molecular weight excluding hydrogens is 214 g/mol. The quantitative estimate of drug-likeness (QED) is 0.692. The highest BCUT2D eigenvalue weighted by atomic mass is 16.2. The molecule has 0 aromatic heterocycles. The number of hydrogen-bond acceptors (Lipinski definition) is 2. The summed E-state index contributed by atoms with van der Waals surface area (Å²) in [5.74, 6) is 0.0303. The van der Waals surface area contributed by atoms with Crippen LogP contribution in [0, 0.1) is 5.92 Å². The number of Topliss-reactive ketones (excluding diaryl/α,β-unsaturated/α-hetero) is 1. The molecule has 0 aromatic carbocycles. The lowest BCUT2D eigenvalue weighted by molar-refractivity contribution is -0.139. The highest BCUT2D eigenvalue weighted by molar-refractivity contribution is 5.99. The van der Waals surface area contributed by atoms with Gasteiger partial charge in [-0.15, -0.1) is 0 Å². The molecule has 3 heteroatoms. The van der Waals surface area contributed by atoms with Crippen molar-refractivity contribution in [3.63, 3.8) is 0 Å². The largest absolute Gasteiger partial charge is 0.327 e. The number of nitrogens with zero attached hydrogens (tertiary/aromatic N) is 1. The van der Waals surface area contributed by atoms with Crippen molar-refractivity contribution in [3.8, 4) is 0 Å². The Morgan fingerprint density at radius 3 is 2.06 bits per heavy atom. The second-order valence-electron chi connectivity index (χ2n) is 4.34. The van der Waals surface area contributed by atoms with E-state index >= 15 is 0 Å². The first-order valence-electron chi connectivity index (χ1n) is 6.48. The van der Waals surface area contributed by atoms with E-state index in [4.69, 9.17) is 0 Å². The van der Waals surface area contributed by atoms with E-state index in [1.165, 1.54) is 6.08 Å². The van der Waals surface area contributed by atoms with Crippen LogP contribution in [-0.2, 0) is 9.59 Å². The Labute approximate surface area is 105 Å². The van der Waals surface area contributed by atoms with Crippen LogP contribution in [0.3, 0.4) is 0 Å². The second kappa shape index (κ2) is 6.58. The maximum atomic E-state index is 12.0. The Balaban J connectivity index is 0.00000121. The van der Waals surface area contributed by atoms with Crippen molar-refractivity contribution < 1.29 is 9.59 Å². The van der Waals surface area contributed by atoms with Gasteiger partial charge in [0.25, 0.3) is 0 Å². The summed E-state index contributed by atoms with van der Waals surface area (Å²) in [6, 6.07) is 0. The van der Waals surface area contributed by atoms with E-state index in [0.717, 1.165) is 12.8 Å². The summed E-state index contributed by atoms with van der Waals surface area (Å²) in [6.45, 7) is 13.7. The van der Waals surface area contributed by atoms with E-state index in [1.807, 2.05) is 34.6 Å². The van der Waals surface area contributed by atoms with Crippen LogP contribution in [0.4, 0.5) is 0 Å². The maximum absolute atomic E-state index is 12.0. The molecule has 0 saturated heterocycles. The Hall–Kier alpha value is -1.12. The van der Waals surface area contributed by atoms with E-state index in [0.29, 0.717) is 6.54 Å². The van der Waals surface area contributed by atoms with Crippen molar-refractivity contribution in [2.75, 3.05) is 6.54 Å². The normalized spacial score (nSPS) is 15.6. The lowest BCUT2D eigenvalue weighted by Crippen LogP contribution is -2.48. The average Bonchev–Trinajstić information content (AvgIpc) is 3.12. The fourth-order valence-corrected chi connectivity index (χ4v) is 2.08. The second-order valence-corrected chi connectivity index (χ2v) is 4.34. The first-order chi connectivity index (χ1) is 7.99. The van der Waals surface area contributed by atoms with Crippen LogP contribution in [0.15, 0.2) is 12.7 Å². The van der Waals surface area contributed by atoms with Gasteiger partial charge in [-0.2, -0.15) is 0 Å². The highest BCUT2D eigenvalue weighted by Gasteiger charge is 2.55. The minimum Gasteiger partial charge on any atom is -0.327 e. The molecule has 1 rings (SSSR count). The summed E-state index contributed by atoms with van der Waals surface area (Å²) < 4.78 is 0. The monoisotopic (exact) mass is 239 g/mol. The van der Waals surface area contributed by atoms with Gasteiger partial charge in [0, 0.05) is 12.5 Å². The van der Waals surface area contributed by atoms with Gasteiger partial charge in [0.05, 0.1) is 0 Å². The number of carbonyl (C=O) groups excluding carboxylic acids is 2. The van der Waals surface area contributed by atoms with Gasteiger partial charge in [-0.3, -0.25) is 9.59 Å². The zero-order valence-corrected chi connectivity index (χ0v) is 11.7. The van der Waals surface area contributed by atoms with E-state index in [2.05, 4.69) is 6.58 Å². The van der Waals surface area contributed by atoms with Crippen LogP contribution in [0.25, 0.3) is 0 Å². The highest BCUT2D eigenvalue weighted by Crippen LogP contribution is 2.44. The molecule has 17 heavy (non-hydrogen) atoms. The third-order valence-corrected chi connectivity index (χ3v) is 2.98. The Morgan fingerprint density at radius 1 is 1.35 bits per heavy atom. The van der Waals surface area contributed by atoms with Gasteiger partial charge in [0.15, 0.2) is 5.78 Å². The lowest BCUT2D eigenvalue weighted by Gasteiger charge is -2.30.